The molecular formula is C12H16BrNO. The largest absolute Gasteiger partial charge is 0.492 e. The van der Waals surface area contributed by atoms with Crippen LogP contribution in [0.4, 0.5) is 0 Å². The van der Waals surface area contributed by atoms with Crippen LogP contribution in [0.3, 0.4) is 0 Å². The molecule has 0 saturated carbocycles. The van der Waals surface area contributed by atoms with Gasteiger partial charge in [-0.15, -0.1) is 0 Å². The number of hydrogen-bond acceptors (Lipinski definition) is 2. The molecule has 1 N–H and O–H groups in total. The molecule has 0 bridgehead atoms. The summed E-state index contributed by atoms with van der Waals surface area (Å²) >= 11 is 3.48. The van der Waals surface area contributed by atoms with Crippen molar-refractivity contribution in [3.05, 3.63) is 28.2 Å². The average Bonchev–Trinajstić information content (AvgIpc) is 2.73. The number of rotatable bonds is 3. The summed E-state index contributed by atoms with van der Waals surface area (Å²) in [6.07, 6.45) is 2.50. The van der Waals surface area contributed by atoms with E-state index in [1.54, 1.807) is 0 Å². The van der Waals surface area contributed by atoms with Crippen molar-refractivity contribution in [1.29, 1.82) is 0 Å². The molecule has 0 radical (unpaired) electrons. The van der Waals surface area contributed by atoms with E-state index < -0.39 is 0 Å². The standard InChI is InChI=1S/C12H16BrNO/c1-9-7-11(4-5-12(9)13)15-8-10-3-2-6-14-10/h4-5,7,10,14H,2-3,6,8H2,1H3. The predicted molar refractivity (Wildman–Crippen MR) is 65.4 cm³/mol. The highest BCUT2D eigenvalue weighted by Crippen LogP contribution is 2.22. The van der Waals surface area contributed by atoms with Gasteiger partial charge in [-0.1, -0.05) is 15.9 Å². The molecule has 2 rings (SSSR count). The van der Waals surface area contributed by atoms with Crippen molar-refractivity contribution in [2.24, 2.45) is 0 Å². The first-order chi connectivity index (χ1) is 7.25. The van der Waals surface area contributed by atoms with E-state index in [-0.39, 0.29) is 0 Å². The number of benzene rings is 1. The molecule has 15 heavy (non-hydrogen) atoms. The van der Waals surface area contributed by atoms with Gasteiger partial charge in [-0.3, -0.25) is 0 Å². The van der Waals surface area contributed by atoms with Crippen molar-refractivity contribution in [3.63, 3.8) is 0 Å². The SMILES string of the molecule is Cc1cc(OCC2CCCN2)ccc1Br. The van der Waals surface area contributed by atoms with Gasteiger partial charge in [0.25, 0.3) is 0 Å². The molecule has 2 nitrogen and oxygen atoms in total. The van der Waals surface area contributed by atoms with E-state index in [4.69, 9.17) is 4.74 Å². The van der Waals surface area contributed by atoms with E-state index in [0.29, 0.717) is 6.04 Å². The third kappa shape index (κ3) is 2.95. The first kappa shape index (κ1) is 11.0. The molecule has 82 valence electrons. The number of aryl methyl sites for hydroxylation is 1. The van der Waals surface area contributed by atoms with Crippen LogP contribution in [-0.4, -0.2) is 19.2 Å². The summed E-state index contributed by atoms with van der Waals surface area (Å²) in [5.74, 6) is 0.962. The lowest BCUT2D eigenvalue weighted by Crippen LogP contribution is -2.28. The van der Waals surface area contributed by atoms with Crippen molar-refractivity contribution in [3.8, 4) is 5.75 Å². The Labute approximate surface area is 99.1 Å². The first-order valence-electron chi connectivity index (χ1n) is 5.38. The zero-order valence-corrected chi connectivity index (χ0v) is 10.5. The van der Waals surface area contributed by atoms with Gasteiger partial charge in [0.15, 0.2) is 0 Å². The lowest BCUT2D eigenvalue weighted by molar-refractivity contribution is 0.277. The van der Waals surface area contributed by atoms with E-state index in [1.807, 2.05) is 12.1 Å². The summed E-state index contributed by atoms with van der Waals surface area (Å²) in [4.78, 5) is 0. The molecule has 0 spiro atoms. The normalized spacial score (nSPS) is 20.5. The first-order valence-corrected chi connectivity index (χ1v) is 6.17. The van der Waals surface area contributed by atoms with Gasteiger partial charge in [0.05, 0.1) is 0 Å². The lowest BCUT2D eigenvalue weighted by atomic mass is 10.2. The summed E-state index contributed by atoms with van der Waals surface area (Å²) in [7, 11) is 0. The van der Waals surface area contributed by atoms with Crippen LogP contribution in [0.25, 0.3) is 0 Å². The number of ether oxygens (including phenoxy) is 1. The molecule has 0 amide bonds. The number of hydrogen-bond donors (Lipinski definition) is 1. The van der Waals surface area contributed by atoms with Crippen LogP contribution < -0.4 is 10.1 Å². The second-order valence-electron chi connectivity index (χ2n) is 4.02. The van der Waals surface area contributed by atoms with Gasteiger partial charge in [0.2, 0.25) is 0 Å². The molecule has 1 aromatic carbocycles. The van der Waals surface area contributed by atoms with Crippen molar-refractivity contribution in [2.45, 2.75) is 25.8 Å². The van der Waals surface area contributed by atoms with E-state index in [1.165, 1.54) is 18.4 Å². The van der Waals surface area contributed by atoms with Crippen LogP contribution in [0.1, 0.15) is 18.4 Å². The van der Waals surface area contributed by atoms with Gasteiger partial charge in [-0.25, -0.2) is 0 Å². The van der Waals surface area contributed by atoms with Gasteiger partial charge in [-0.2, -0.15) is 0 Å². The van der Waals surface area contributed by atoms with Crippen LogP contribution in [-0.2, 0) is 0 Å². The van der Waals surface area contributed by atoms with Crippen molar-refractivity contribution in [2.75, 3.05) is 13.2 Å². The molecular weight excluding hydrogens is 254 g/mol. The van der Waals surface area contributed by atoms with Crippen molar-refractivity contribution in [1.82, 2.24) is 5.32 Å². The number of halogens is 1. The Bertz CT molecular complexity index is 334. The average molecular weight is 270 g/mol. The van der Waals surface area contributed by atoms with Crippen molar-refractivity contribution < 1.29 is 4.74 Å². The Morgan fingerprint density at radius 2 is 2.40 bits per heavy atom. The third-order valence-electron chi connectivity index (χ3n) is 2.74. The fourth-order valence-electron chi connectivity index (χ4n) is 1.80. The Morgan fingerprint density at radius 1 is 1.53 bits per heavy atom. The van der Waals surface area contributed by atoms with Gasteiger partial charge in [0, 0.05) is 10.5 Å². The Balaban J connectivity index is 1.90. The van der Waals surface area contributed by atoms with Crippen molar-refractivity contribution >= 4 is 15.9 Å². The summed E-state index contributed by atoms with van der Waals surface area (Å²) in [5, 5.41) is 3.42. The maximum Gasteiger partial charge on any atom is 0.119 e. The minimum Gasteiger partial charge on any atom is -0.492 e. The highest BCUT2D eigenvalue weighted by Gasteiger charge is 2.14. The maximum atomic E-state index is 5.74. The fraction of sp³-hybridized carbons (Fsp3) is 0.500. The van der Waals surface area contributed by atoms with Crippen LogP contribution >= 0.6 is 15.9 Å². The van der Waals surface area contributed by atoms with Crippen LogP contribution in [0.15, 0.2) is 22.7 Å². The fourth-order valence-corrected chi connectivity index (χ4v) is 2.05. The molecule has 1 heterocycles. The van der Waals surface area contributed by atoms with Crippen LogP contribution in [0.2, 0.25) is 0 Å². The monoisotopic (exact) mass is 269 g/mol. The molecule has 1 unspecified atom stereocenters. The molecule has 1 fully saturated rings. The highest BCUT2D eigenvalue weighted by molar-refractivity contribution is 9.10. The van der Waals surface area contributed by atoms with E-state index >= 15 is 0 Å². The summed E-state index contributed by atoms with van der Waals surface area (Å²) in [6.45, 7) is 3.99. The second kappa shape index (κ2) is 4.99. The molecule has 1 aromatic rings. The molecule has 1 saturated heterocycles. The van der Waals surface area contributed by atoms with Gasteiger partial charge >= 0.3 is 0 Å². The zero-order chi connectivity index (χ0) is 10.7. The minimum atomic E-state index is 0.536. The summed E-state index contributed by atoms with van der Waals surface area (Å²) < 4.78 is 6.88. The maximum absolute atomic E-state index is 5.74. The lowest BCUT2D eigenvalue weighted by Gasteiger charge is -2.12. The molecule has 1 aliphatic rings. The molecule has 3 heteroatoms. The zero-order valence-electron chi connectivity index (χ0n) is 8.92. The summed E-state index contributed by atoms with van der Waals surface area (Å²) in [5.41, 5.74) is 1.21. The van der Waals surface area contributed by atoms with E-state index in [9.17, 15) is 0 Å². The van der Waals surface area contributed by atoms with Gasteiger partial charge < -0.3 is 10.1 Å². The van der Waals surface area contributed by atoms with E-state index in [0.717, 1.165) is 23.4 Å². The predicted octanol–water partition coefficient (Wildman–Crippen LogP) is 2.89. The highest BCUT2D eigenvalue weighted by atomic mass is 79.9. The summed E-state index contributed by atoms with van der Waals surface area (Å²) in [6, 6.07) is 6.65. The smallest absolute Gasteiger partial charge is 0.119 e. The van der Waals surface area contributed by atoms with Crippen LogP contribution in [0.5, 0.6) is 5.75 Å². The van der Waals surface area contributed by atoms with Gasteiger partial charge in [0.1, 0.15) is 12.4 Å². The molecule has 0 aromatic heterocycles. The molecule has 1 aliphatic heterocycles. The van der Waals surface area contributed by atoms with E-state index in [2.05, 4.69) is 34.2 Å². The Kier molecular flexibility index (Phi) is 3.65. The molecule has 1 atom stereocenters. The number of nitrogens with one attached hydrogen (secondary N) is 1. The topological polar surface area (TPSA) is 21.3 Å². The van der Waals surface area contributed by atoms with Gasteiger partial charge in [-0.05, 0) is 50.1 Å². The molecule has 0 aliphatic carbocycles. The second-order valence-corrected chi connectivity index (χ2v) is 4.87. The third-order valence-corrected chi connectivity index (χ3v) is 3.63. The minimum absolute atomic E-state index is 0.536. The Hall–Kier alpha value is -0.540. The quantitative estimate of drug-likeness (QED) is 0.911. The Morgan fingerprint density at radius 3 is 3.07 bits per heavy atom. The van der Waals surface area contributed by atoms with Crippen LogP contribution in [0, 0.1) is 6.92 Å².